The standard InChI is InChI=1S/C21H32N2O2/c22-21(24)25-20-11-5-4-10-19(20)18-12-15-23(16-13-18)14-6-9-17-7-2-1-3-8-17/h4-5,10-11,17-18H,1-3,6-9,12-16H2,(H2,22,24). The Balaban J connectivity index is 1.43. The van der Waals surface area contributed by atoms with Crippen molar-refractivity contribution in [3.8, 4) is 5.75 Å². The Labute approximate surface area is 151 Å². The zero-order chi connectivity index (χ0) is 17.5. The first-order chi connectivity index (χ1) is 12.2. The minimum absolute atomic E-state index is 0.463. The molecule has 0 radical (unpaired) electrons. The van der Waals surface area contributed by atoms with Crippen molar-refractivity contribution in [2.75, 3.05) is 19.6 Å². The molecule has 1 aliphatic carbocycles. The van der Waals surface area contributed by atoms with E-state index in [9.17, 15) is 4.79 Å². The summed E-state index contributed by atoms with van der Waals surface area (Å²) in [5.74, 6) is 2.08. The summed E-state index contributed by atoms with van der Waals surface area (Å²) in [7, 11) is 0. The highest BCUT2D eigenvalue weighted by molar-refractivity contribution is 5.68. The molecule has 3 rings (SSSR count). The number of amides is 1. The van der Waals surface area contributed by atoms with Gasteiger partial charge in [0.25, 0.3) is 0 Å². The quantitative estimate of drug-likeness (QED) is 0.815. The largest absolute Gasteiger partial charge is 0.410 e. The maximum absolute atomic E-state index is 11.1. The number of piperidine rings is 1. The first kappa shape index (κ1) is 18.2. The second-order valence-corrected chi connectivity index (χ2v) is 7.72. The zero-order valence-corrected chi connectivity index (χ0v) is 15.3. The number of para-hydroxylation sites is 1. The van der Waals surface area contributed by atoms with Gasteiger partial charge in [0.15, 0.2) is 0 Å². The fraction of sp³-hybridized carbons (Fsp3) is 0.667. The van der Waals surface area contributed by atoms with Crippen LogP contribution in [0.1, 0.15) is 69.3 Å². The summed E-state index contributed by atoms with van der Waals surface area (Å²) in [6, 6.07) is 7.82. The first-order valence-corrected chi connectivity index (χ1v) is 10.0. The molecule has 1 saturated carbocycles. The van der Waals surface area contributed by atoms with Gasteiger partial charge in [0.2, 0.25) is 0 Å². The average Bonchev–Trinajstić information content (AvgIpc) is 2.63. The van der Waals surface area contributed by atoms with Crippen LogP contribution in [0.15, 0.2) is 24.3 Å². The van der Waals surface area contributed by atoms with Gasteiger partial charge < -0.3 is 15.4 Å². The fourth-order valence-electron chi connectivity index (χ4n) is 4.57. The molecule has 1 saturated heterocycles. The Bertz CT molecular complexity index is 547. The molecule has 0 bridgehead atoms. The van der Waals surface area contributed by atoms with Crippen molar-refractivity contribution >= 4 is 6.09 Å². The van der Waals surface area contributed by atoms with Crippen LogP contribution >= 0.6 is 0 Å². The minimum Gasteiger partial charge on any atom is -0.410 e. The summed E-state index contributed by atoms with van der Waals surface area (Å²) in [5.41, 5.74) is 6.32. The Morgan fingerprint density at radius 3 is 2.52 bits per heavy atom. The lowest BCUT2D eigenvalue weighted by molar-refractivity contribution is 0.196. The molecule has 0 aromatic heterocycles. The molecular weight excluding hydrogens is 312 g/mol. The van der Waals surface area contributed by atoms with Crippen molar-refractivity contribution in [2.24, 2.45) is 11.7 Å². The van der Waals surface area contributed by atoms with Crippen molar-refractivity contribution in [3.05, 3.63) is 29.8 Å². The second-order valence-electron chi connectivity index (χ2n) is 7.72. The fourth-order valence-corrected chi connectivity index (χ4v) is 4.57. The van der Waals surface area contributed by atoms with Gasteiger partial charge in [-0.15, -0.1) is 0 Å². The van der Waals surface area contributed by atoms with Crippen LogP contribution in [0.5, 0.6) is 5.75 Å². The molecule has 2 N–H and O–H groups in total. The van der Waals surface area contributed by atoms with Crippen LogP contribution in [0.2, 0.25) is 0 Å². The maximum Gasteiger partial charge on any atom is 0.409 e. The van der Waals surface area contributed by atoms with Gasteiger partial charge in [-0.1, -0.05) is 50.3 Å². The van der Waals surface area contributed by atoms with E-state index in [1.165, 1.54) is 51.5 Å². The number of hydrogen-bond acceptors (Lipinski definition) is 3. The second kappa shape index (κ2) is 9.23. The number of carbonyl (C=O) groups excluding carboxylic acids is 1. The monoisotopic (exact) mass is 344 g/mol. The topological polar surface area (TPSA) is 55.6 Å². The molecule has 4 heteroatoms. The number of carbonyl (C=O) groups is 1. The summed E-state index contributed by atoms with van der Waals surface area (Å²) >= 11 is 0. The van der Waals surface area contributed by atoms with Gasteiger partial charge in [-0.3, -0.25) is 0 Å². The molecule has 25 heavy (non-hydrogen) atoms. The first-order valence-electron chi connectivity index (χ1n) is 10.0. The molecule has 0 spiro atoms. The number of nitrogens with zero attached hydrogens (tertiary/aromatic N) is 1. The lowest BCUT2D eigenvalue weighted by atomic mass is 9.86. The van der Waals surface area contributed by atoms with Gasteiger partial charge in [0.1, 0.15) is 5.75 Å². The van der Waals surface area contributed by atoms with E-state index in [0.29, 0.717) is 11.7 Å². The third-order valence-corrected chi connectivity index (χ3v) is 5.97. The van der Waals surface area contributed by atoms with E-state index >= 15 is 0 Å². The Morgan fingerprint density at radius 2 is 1.80 bits per heavy atom. The highest BCUT2D eigenvalue weighted by Crippen LogP contribution is 2.34. The number of likely N-dealkylation sites (tertiary alicyclic amines) is 1. The molecule has 1 heterocycles. The highest BCUT2D eigenvalue weighted by Gasteiger charge is 2.23. The van der Waals surface area contributed by atoms with Crippen LogP contribution in [0.4, 0.5) is 4.79 Å². The lowest BCUT2D eigenvalue weighted by Gasteiger charge is -2.33. The number of ether oxygens (including phenoxy) is 1. The molecule has 0 unspecified atom stereocenters. The van der Waals surface area contributed by atoms with Crippen LogP contribution < -0.4 is 10.5 Å². The van der Waals surface area contributed by atoms with Gasteiger partial charge in [0.05, 0.1) is 0 Å². The third kappa shape index (κ3) is 5.46. The van der Waals surface area contributed by atoms with Gasteiger partial charge in [0, 0.05) is 0 Å². The van der Waals surface area contributed by atoms with Crippen LogP contribution in [-0.2, 0) is 0 Å². The minimum atomic E-state index is -0.729. The normalized spacial score (nSPS) is 20.5. The predicted molar refractivity (Wildman–Crippen MR) is 101 cm³/mol. The molecular formula is C21H32N2O2. The van der Waals surface area contributed by atoms with Crippen LogP contribution in [0.3, 0.4) is 0 Å². The van der Waals surface area contributed by atoms with Crippen molar-refractivity contribution < 1.29 is 9.53 Å². The zero-order valence-electron chi connectivity index (χ0n) is 15.3. The van der Waals surface area contributed by atoms with E-state index in [1.54, 1.807) is 0 Å². The van der Waals surface area contributed by atoms with E-state index in [2.05, 4.69) is 11.0 Å². The molecule has 2 aliphatic rings. The average molecular weight is 344 g/mol. The number of nitrogens with two attached hydrogens (primary N) is 1. The van der Waals surface area contributed by atoms with Crippen LogP contribution in [0, 0.1) is 5.92 Å². The molecule has 2 fully saturated rings. The van der Waals surface area contributed by atoms with E-state index in [-0.39, 0.29) is 0 Å². The Kier molecular flexibility index (Phi) is 6.74. The van der Waals surface area contributed by atoms with Crippen molar-refractivity contribution in [2.45, 2.75) is 63.7 Å². The Hall–Kier alpha value is -1.55. The molecule has 1 amide bonds. The lowest BCUT2D eigenvalue weighted by Crippen LogP contribution is -2.34. The summed E-state index contributed by atoms with van der Waals surface area (Å²) in [6.07, 6.45) is 11.5. The van der Waals surface area contributed by atoms with Gasteiger partial charge in [-0.2, -0.15) is 0 Å². The maximum atomic E-state index is 11.1. The van der Waals surface area contributed by atoms with Crippen LogP contribution in [-0.4, -0.2) is 30.6 Å². The number of primary amides is 1. The van der Waals surface area contributed by atoms with Crippen molar-refractivity contribution in [1.29, 1.82) is 0 Å². The SMILES string of the molecule is NC(=O)Oc1ccccc1C1CCN(CCCC2CCCCC2)CC1. The number of rotatable bonds is 6. The van der Waals surface area contributed by atoms with E-state index in [0.717, 1.165) is 37.4 Å². The molecule has 138 valence electrons. The number of benzene rings is 1. The molecule has 1 aliphatic heterocycles. The predicted octanol–water partition coefficient (Wildman–Crippen LogP) is 4.68. The van der Waals surface area contributed by atoms with Crippen LogP contribution in [0.25, 0.3) is 0 Å². The molecule has 1 aromatic carbocycles. The summed E-state index contributed by atoms with van der Waals surface area (Å²) in [5, 5.41) is 0. The summed E-state index contributed by atoms with van der Waals surface area (Å²) < 4.78 is 5.18. The summed E-state index contributed by atoms with van der Waals surface area (Å²) in [4.78, 5) is 13.7. The molecule has 4 nitrogen and oxygen atoms in total. The van der Waals surface area contributed by atoms with Gasteiger partial charge >= 0.3 is 6.09 Å². The van der Waals surface area contributed by atoms with E-state index in [4.69, 9.17) is 10.5 Å². The third-order valence-electron chi connectivity index (χ3n) is 5.97. The van der Waals surface area contributed by atoms with E-state index < -0.39 is 6.09 Å². The van der Waals surface area contributed by atoms with Gasteiger partial charge in [-0.25, -0.2) is 4.79 Å². The van der Waals surface area contributed by atoms with Crippen molar-refractivity contribution in [1.82, 2.24) is 4.90 Å². The van der Waals surface area contributed by atoms with E-state index in [1.807, 2.05) is 18.2 Å². The van der Waals surface area contributed by atoms with Crippen molar-refractivity contribution in [3.63, 3.8) is 0 Å². The number of hydrogen-bond donors (Lipinski definition) is 1. The highest BCUT2D eigenvalue weighted by atomic mass is 16.5. The Morgan fingerprint density at radius 1 is 1.08 bits per heavy atom. The van der Waals surface area contributed by atoms with Gasteiger partial charge in [-0.05, 0) is 68.8 Å². The molecule has 0 atom stereocenters. The smallest absolute Gasteiger partial charge is 0.409 e. The molecule has 1 aromatic rings. The summed E-state index contributed by atoms with van der Waals surface area (Å²) in [6.45, 7) is 3.52.